The molecule has 1 saturated carbocycles. The number of aromatic nitrogens is 3. The molecule has 2 rings (SSSR count). The van der Waals surface area contributed by atoms with Crippen molar-refractivity contribution in [3.05, 3.63) is 11.9 Å². The molecule has 1 aromatic heterocycles. The van der Waals surface area contributed by atoms with Gasteiger partial charge in [-0.3, -0.25) is 0 Å². The summed E-state index contributed by atoms with van der Waals surface area (Å²) in [5.41, 5.74) is 1.19. The van der Waals surface area contributed by atoms with Crippen LogP contribution in [0.4, 0.5) is 0 Å². The van der Waals surface area contributed by atoms with Crippen molar-refractivity contribution in [3.63, 3.8) is 0 Å². The normalized spacial score (nSPS) is 24.8. The van der Waals surface area contributed by atoms with Gasteiger partial charge in [0.25, 0.3) is 0 Å². The quantitative estimate of drug-likeness (QED) is 0.803. The van der Waals surface area contributed by atoms with E-state index in [-0.39, 0.29) is 0 Å². The van der Waals surface area contributed by atoms with E-state index in [4.69, 9.17) is 4.74 Å². The van der Waals surface area contributed by atoms with Crippen LogP contribution in [0.25, 0.3) is 0 Å². The summed E-state index contributed by atoms with van der Waals surface area (Å²) in [5.74, 6) is 0.763. The van der Waals surface area contributed by atoms with Crippen molar-refractivity contribution in [1.29, 1.82) is 0 Å². The zero-order valence-corrected chi connectivity index (χ0v) is 11.6. The van der Waals surface area contributed by atoms with Crippen LogP contribution in [0.1, 0.15) is 44.8 Å². The van der Waals surface area contributed by atoms with E-state index in [1.165, 1.54) is 18.5 Å². The van der Waals surface area contributed by atoms with Gasteiger partial charge in [-0.2, -0.15) is 0 Å². The van der Waals surface area contributed by atoms with Gasteiger partial charge in [0, 0.05) is 13.2 Å². The summed E-state index contributed by atoms with van der Waals surface area (Å²) in [6.45, 7) is 5.87. The van der Waals surface area contributed by atoms with Gasteiger partial charge in [0.1, 0.15) is 0 Å². The Morgan fingerprint density at radius 1 is 1.50 bits per heavy atom. The van der Waals surface area contributed by atoms with Crippen molar-refractivity contribution in [2.45, 2.75) is 51.8 Å². The van der Waals surface area contributed by atoms with Gasteiger partial charge in [-0.05, 0) is 46.1 Å². The Labute approximate surface area is 109 Å². The number of rotatable bonds is 7. The second kappa shape index (κ2) is 6.29. The van der Waals surface area contributed by atoms with Crippen molar-refractivity contribution in [2.75, 3.05) is 13.7 Å². The van der Waals surface area contributed by atoms with Gasteiger partial charge >= 0.3 is 0 Å². The average Bonchev–Trinajstić information content (AvgIpc) is 2.80. The molecule has 1 N–H and O–H groups in total. The third-order valence-electron chi connectivity index (χ3n) is 3.82. The zero-order valence-electron chi connectivity index (χ0n) is 11.6. The molecule has 0 saturated heterocycles. The Hall–Kier alpha value is -0.940. The molecule has 0 aliphatic heterocycles. The molecular formula is C13H24N4O. The van der Waals surface area contributed by atoms with Crippen molar-refractivity contribution < 1.29 is 4.74 Å². The summed E-state index contributed by atoms with van der Waals surface area (Å²) in [7, 11) is 2.01. The number of nitrogens with zero attached hydrogens (tertiary/aromatic N) is 3. The lowest BCUT2D eigenvalue weighted by Crippen LogP contribution is -2.34. The monoisotopic (exact) mass is 252 g/mol. The van der Waals surface area contributed by atoms with Crippen LogP contribution in [-0.2, 0) is 11.3 Å². The Kier molecular flexibility index (Phi) is 4.72. The van der Waals surface area contributed by atoms with Gasteiger partial charge in [-0.25, -0.2) is 4.68 Å². The van der Waals surface area contributed by atoms with Crippen LogP contribution >= 0.6 is 0 Å². The highest BCUT2D eigenvalue weighted by molar-refractivity contribution is 5.03. The summed E-state index contributed by atoms with van der Waals surface area (Å²) in [5, 5.41) is 11.5. The molecule has 1 aliphatic rings. The van der Waals surface area contributed by atoms with E-state index in [1.807, 2.05) is 17.9 Å². The zero-order chi connectivity index (χ0) is 13.0. The summed E-state index contributed by atoms with van der Waals surface area (Å²) in [6.07, 6.45) is 5.91. The maximum absolute atomic E-state index is 5.61. The standard InChI is InChI=1S/C13H24N4O/c1-4-17-13(9-15-16-17)12(14-3)8-10-6-11(7-10)18-5-2/h9-12,14H,4-8H2,1-3H3. The molecule has 1 unspecified atom stereocenters. The maximum Gasteiger partial charge on any atom is 0.0756 e. The Morgan fingerprint density at radius 3 is 2.89 bits per heavy atom. The van der Waals surface area contributed by atoms with E-state index in [0.29, 0.717) is 12.1 Å². The van der Waals surface area contributed by atoms with E-state index < -0.39 is 0 Å². The van der Waals surface area contributed by atoms with Crippen LogP contribution in [0.3, 0.4) is 0 Å². The van der Waals surface area contributed by atoms with Crippen molar-refractivity contribution >= 4 is 0 Å². The fraction of sp³-hybridized carbons (Fsp3) is 0.846. The van der Waals surface area contributed by atoms with Gasteiger partial charge in [0.2, 0.25) is 0 Å². The van der Waals surface area contributed by atoms with E-state index in [2.05, 4.69) is 29.5 Å². The second-order valence-electron chi connectivity index (χ2n) is 4.97. The largest absolute Gasteiger partial charge is 0.378 e. The van der Waals surface area contributed by atoms with Crippen molar-refractivity contribution in [2.24, 2.45) is 5.92 Å². The third-order valence-corrected chi connectivity index (χ3v) is 3.82. The summed E-state index contributed by atoms with van der Waals surface area (Å²) in [6, 6.07) is 0.354. The smallest absolute Gasteiger partial charge is 0.0756 e. The summed E-state index contributed by atoms with van der Waals surface area (Å²) in [4.78, 5) is 0. The minimum Gasteiger partial charge on any atom is -0.378 e. The van der Waals surface area contributed by atoms with Gasteiger partial charge in [0.15, 0.2) is 0 Å². The molecule has 0 spiro atoms. The van der Waals surface area contributed by atoms with Gasteiger partial charge in [-0.15, -0.1) is 5.10 Å². The van der Waals surface area contributed by atoms with Crippen LogP contribution in [0.5, 0.6) is 0 Å². The highest BCUT2D eigenvalue weighted by Crippen LogP contribution is 2.36. The molecule has 1 aromatic rings. The molecule has 102 valence electrons. The first kappa shape index (κ1) is 13.5. The maximum atomic E-state index is 5.61. The molecule has 0 radical (unpaired) electrons. The molecule has 18 heavy (non-hydrogen) atoms. The fourth-order valence-corrected chi connectivity index (χ4v) is 2.74. The number of ether oxygens (including phenoxy) is 1. The molecule has 1 heterocycles. The lowest BCUT2D eigenvalue weighted by Gasteiger charge is -2.36. The minimum absolute atomic E-state index is 0.354. The van der Waals surface area contributed by atoms with Gasteiger partial charge in [0.05, 0.1) is 24.0 Å². The predicted octanol–water partition coefficient (Wildman–Crippen LogP) is 1.76. The third kappa shape index (κ3) is 2.90. The molecule has 5 heteroatoms. The molecular weight excluding hydrogens is 228 g/mol. The number of aryl methyl sites for hydroxylation is 1. The Balaban J connectivity index is 1.87. The van der Waals surface area contributed by atoms with E-state index in [1.54, 1.807) is 0 Å². The number of hydrogen-bond donors (Lipinski definition) is 1. The highest BCUT2D eigenvalue weighted by Gasteiger charge is 2.32. The second-order valence-corrected chi connectivity index (χ2v) is 4.97. The van der Waals surface area contributed by atoms with Crippen LogP contribution in [0.2, 0.25) is 0 Å². The summed E-state index contributed by atoms with van der Waals surface area (Å²) < 4.78 is 7.58. The van der Waals surface area contributed by atoms with Crippen LogP contribution in [0.15, 0.2) is 6.20 Å². The topological polar surface area (TPSA) is 52.0 Å². The summed E-state index contributed by atoms with van der Waals surface area (Å²) >= 11 is 0. The Bertz CT molecular complexity index is 360. The molecule has 0 amide bonds. The SMILES string of the molecule is CCOC1CC(CC(NC)c2cnnn2CC)C1. The van der Waals surface area contributed by atoms with Crippen LogP contribution in [-0.4, -0.2) is 34.8 Å². The van der Waals surface area contributed by atoms with Crippen molar-refractivity contribution in [1.82, 2.24) is 20.3 Å². The fourth-order valence-electron chi connectivity index (χ4n) is 2.74. The highest BCUT2D eigenvalue weighted by atomic mass is 16.5. The first-order valence-electron chi connectivity index (χ1n) is 6.95. The Morgan fingerprint density at radius 2 is 2.28 bits per heavy atom. The lowest BCUT2D eigenvalue weighted by atomic mass is 9.78. The minimum atomic E-state index is 0.354. The van der Waals surface area contributed by atoms with E-state index in [0.717, 1.165) is 25.5 Å². The van der Waals surface area contributed by atoms with Gasteiger partial charge in [-0.1, -0.05) is 5.21 Å². The van der Waals surface area contributed by atoms with Crippen molar-refractivity contribution in [3.8, 4) is 0 Å². The average molecular weight is 252 g/mol. The van der Waals surface area contributed by atoms with Crippen LogP contribution in [0, 0.1) is 5.92 Å². The first-order chi connectivity index (χ1) is 8.78. The molecule has 0 aromatic carbocycles. The number of hydrogen-bond acceptors (Lipinski definition) is 4. The molecule has 1 aliphatic carbocycles. The lowest BCUT2D eigenvalue weighted by molar-refractivity contribution is -0.0291. The molecule has 5 nitrogen and oxygen atoms in total. The molecule has 0 bridgehead atoms. The van der Waals surface area contributed by atoms with E-state index >= 15 is 0 Å². The first-order valence-corrected chi connectivity index (χ1v) is 6.95. The number of nitrogens with one attached hydrogen (secondary N) is 1. The van der Waals surface area contributed by atoms with Gasteiger partial charge < -0.3 is 10.1 Å². The predicted molar refractivity (Wildman–Crippen MR) is 70.3 cm³/mol. The molecule has 1 fully saturated rings. The molecule has 1 atom stereocenters. The van der Waals surface area contributed by atoms with Crippen LogP contribution < -0.4 is 5.32 Å². The van der Waals surface area contributed by atoms with E-state index in [9.17, 15) is 0 Å².